The first-order valence-corrected chi connectivity index (χ1v) is 7.12. The van der Waals surface area contributed by atoms with Crippen LogP contribution in [0.25, 0.3) is 0 Å². The molecule has 2 nitrogen and oxygen atoms in total. The van der Waals surface area contributed by atoms with Crippen molar-refractivity contribution in [2.75, 3.05) is 0 Å². The predicted octanol–water partition coefficient (Wildman–Crippen LogP) is 0.834. The fraction of sp³-hybridized carbons (Fsp3) is 1.00. The van der Waals surface area contributed by atoms with E-state index in [0.717, 1.165) is 11.8 Å². The van der Waals surface area contributed by atoms with E-state index in [0.29, 0.717) is 22.9 Å². The monoisotopic (exact) mass is 224 g/mol. The minimum atomic E-state index is 0.593. The van der Waals surface area contributed by atoms with Crippen LogP contribution in [0.4, 0.5) is 0 Å². The van der Waals surface area contributed by atoms with E-state index in [2.05, 4.69) is 25.3 Å². The molecule has 0 spiro atoms. The van der Waals surface area contributed by atoms with Gasteiger partial charge in [-0.1, -0.05) is 0 Å². The van der Waals surface area contributed by atoms with Crippen molar-refractivity contribution in [3.05, 3.63) is 0 Å². The molecule has 4 bridgehead atoms. The van der Waals surface area contributed by atoms with Crippen LogP contribution in [-0.2, 0) is 0 Å². The summed E-state index contributed by atoms with van der Waals surface area (Å²) in [4.78, 5) is 0. The van der Waals surface area contributed by atoms with Crippen LogP contribution in [0.3, 0.4) is 0 Å². The van der Waals surface area contributed by atoms with E-state index >= 15 is 0 Å². The van der Waals surface area contributed by atoms with Gasteiger partial charge in [-0.3, -0.25) is 0 Å². The van der Waals surface area contributed by atoms with Crippen molar-refractivity contribution in [3.63, 3.8) is 0 Å². The molecule has 0 aromatic heterocycles. The van der Waals surface area contributed by atoms with Crippen LogP contribution in [0.15, 0.2) is 0 Å². The average molecular weight is 224 g/mol. The molecule has 92 valence electrons. The summed E-state index contributed by atoms with van der Waals surface area (Å²) < 4.78 is 0. The smallest absolute Gasteiger partial charge is 0.0872 e. The Morgan fingerprint density at radius 2 is 1.25 bits per heavy atom. The van der Waals surface area contributed by atoms with Crippen LogP contribution in [0.5, 0.6) is 0 Å². The predicted molar refractivity (Wildman–Crippen MR) is 64.2 cm³/mol. The molecular formula is C14H28N2+2. The van der Waals surface area contributed by atoms with Gasteiger partial charge in [0.25, 0.3) is 0 Å². The second kappa shape index (κ2) is 3.23. The van der Waals surface area contributed by atoms with Crippen LogP contribution in [-0.4, -0.2) is 12.1 Å². The lowest BCUT2D eigenvalue weighted by molar-refractivity contribution is -0.477. The van der Waals surface area contributed by atoms with Crippen LogP contribution in [0.2, 0.25) is 0 Å². The van der Waals surface area contributed by atoms with Crippen molar-refractivity contribution in [2.45, 2.75) is 64.5 Å². The maximum absolute atomic E-state index is 4.40. The lowest BCUT2D eigenvalue weighted by atomic mass is 9.41. The number of hydrogen-bond acceptors (Lipinski definition) is 0. The summed E-state index contributed by atoms with van der Waals surface area (Å²) in [5.41, 5.74) is 9.98. The van der Waals surface area contributed by atoms with Gasteiger partial charge in [0.05, 0.1) is 12.1 Å². The lowest BCUT2D eigenvalue weighted by Crippen LogP contribution is -2.76. The van der Waals surface area contributed by atoms with E-state index in [1.807, 2.05) is 0 Å². The van der Waals surface area contributed by atoms with Gasteiger partial charge in [0.15, 0.2) is 0 Å². The fourth-order valence-corrected chi connectivity index (χ4v) is 5.56. The van der Waals surface area contributed by atoms with Gasteiger partial charge in [0, 0.05) is 10.8 Å². The van der Waals surface area contributed by atoms with Crippen molar-refractivity contribution in [3.8, 4) is 0 Å². The molecule has 4 aliphatic rings. The number of rotatable bonds is 2. The van der Waals surface area contributed by atoms with Gasteiger partial charge in [0.2, 0.25) is 0 Å². The molecule has 2 atom stereocenters. The molecule has 4 aliphatic carbocycles. The molecule has 6 N–H and O–H groups in total. The Hall–Kier alpha value is -0.0800. The SMILES string of the molecule is C[C@@H]([NH3+])C12CC3CC(C1)CC([C@@H](C)[NH3+])(C3)C2. The van der Waals surface area contributed by atoms with E-state index in [1.165, 1.54) is 38.5 Å². The molecular weight excluding hydrogens is 196 g/mol. The molecule has 0 aromatic carbocycles. The highest BCUT2D eigenvalue weighted by molar-refractivity contribution is 5.10. The molecule has 16 heavy (non-hydrogen) atoms. The van der Waals surface area contributed by atoms with E-state index < -0.39 is 0 Å². The molecule has 0 heterocycles. The summed E-state index contributed by atoms with van der Waals surface area (Å²) in [6.07, 6.45) is 8.85. The Bertz CT molecular complexity index is 255. The summed E-state index contributed by atoms with van der Waals surface area (Å²) in [5.74, 6) is 2.02. The van der Waals surface area contributed by atoms with Crippen molar-refractivity contribution in [2.24, 2.45) is 22.7 Å². The zero-order valence-corrected chi connectivity index (χ0v) is 11.0. The van der Waals surface area contributed by atoms with Crippen LogP contribution < -0.4 is 11.5 Å². The Balaban J connectivity index is 1.97. The largest absolute Gasteiger partial charge is 0.355 e. The zero-order chi connectivity index (χ0) is 11.6. The minimum absolute atomic E-state index is 0.593. The van der Waals surface area contributed by atoms with E-state index in [9.17, 15) is 0 Å². The third kappa shape index (κ3) is 1.32. The second-order valence-electron chi connectivity index (χ2n) is 7.49. The normalized spacial score (nSPS) is 54.0. The summed E-state index contributed by atoms with van der Waals surface area (Å²) in [5, 5.41) is 0. The van der Waals surface area contributed by atoms with Gasteiger partial charge in [-0.25, -0.2) is 0 Å². The lowest BCUT2D eigenvalue weighted by Gasteiger charge is -2.62. The molecule has 0 unspecified atom stereocenters. The van der Waals surface area contributed by atoms with E-state index in [-0.39, 0.29) is 0 Å². The van der Waals surface area contributed by atoms with Crippen LogP contribution >= 0.6 is 0 Å². The molecule has 4 rings (SSSR count). The Kier molecular flexibility index (Phi) is 2.23. The first kappa shape index (κ1) is 11.0. The molecule has 4 fully saturated rings. The highest BCUT2D eigenvalue weighted by Gasteiger charge is 2.61. The molecule has 0 aliphatic heterocycles. The van der Waals surface area contributed by atoms with Crippen molar-refractivity contribution in [1.29, 1.82) is 0 Å². The van der Waals surface area contributed by atoms with Crippen molar-refractivity contribution < 1.29 is 11.5 Å². The van der Waals surface area contributed by atoms with Crippen LogP contribution in [0.1, 0.15) is 52.4 Å². The molecule has 0 saturated heterocycles. The maximum atomic E-state index is 4.40. The fourth-order valence-electron chi connectivity index (χ4n) is 5.56. The first-order chi connectivity index (χ1) is 7.46. The van der Waals surface area contributed by atoms with Crippen LogP contribution in [0, 0.1) is 22.7 Å². The summed E-state index contributed by atoms with van der Waals surface area (Å²) in [7, 11) is 0. The van der Waals surface area contributed by atoms with Gasteiger partial charge in [-0.05, 0) is 64.2 Å². The summed E-state index contributed by atoms with van der Waals surface area (Å²) >= 11 is 0. The molecule has 4 saturated carbocycles. The highest BCUT2D eigenvalue weighted by atomic mass is 14.8. The average Bonchev–Trinajstić information content (AvgIpc) is 2.14. The molecule has 0 aromatic rings. The van der Waals surface area contributed by atoms with Crippen molar-refractivity contribution >= 4 is 0 Å². The van der Waals surface area contributed by atoms with Gasteiger partial charge < -0.3 is 11.5 Å². The molecule has 0 radical (unpaired) electrons. The minimum Gasteiger partial charge on any atom is -0.355 e. The van der Waals surface area contributed by atoms with E-state index in [1.54, 1.807) is 0 Å². The highest BCUT2D eigenvalue weighted by Crippen LogP contribution is 2.66. The Morgan fingerprint density at radius 3 is 1.56 bits per heavy atom. The maximum Gasteiger partial charge on any atom is 0.0872 e. The van der Waals surface area contributed by atoms with E-state index in [4.69, 9.17) is 0 Å². The summed E-state index contributed by atoms with van der Waals surface area (Å²) in [6.45, 7) is 4.71. The Morgan fingerprint density at radius 1 is 0.875 bits per heavy atom. The Labute approximate surface area is 99.1 Å². The van der Waals surface area contributed by atoms with Gasteiger partial charge in [-0.15, -0.1) is 0 Å². The molecule has 0 amide bonds. The number of hydrogen-bond donors (Lipinski definition) is 2. The third-order valence-corrected chi connectivity index (χ3v) is 6.24. The van der Waals surface area contributed by atoms with Crippen molar-refractivity contribution in [1.82, 2.24) is 0 Å². The second-order valence-corrected chi connectivity index (χ2v) is 7.49. The quantitative estimate of drug-likeness (QED) is 0.698. The number of quaternary nitrogens is 2. The van der Waals surface area contributed by atoms with Gasteiger partial charge >= 0.3 is 0 Å². The topological polar surface area (TPSA) is 55.3 Å². The van der Waals surface area contributed by atoms with Gasteiger partial charge in [0.1, 0.15) is 0 Å². The standard InChI is InChI=1S/C14H26N2/c1-9(15)13-4-11-3-12(5-13)7-14(6-11,8-13)10(2)16/h9-12H,3-8,15-16H2,1-2H3/p+2/t9-,10-,11?,12?,13?,14?/m1/s1. The third-order valence-electron chi connectivity index (χ3n) is 6.24. The van der Waals surface area contributed by atoms with Gasteiger partial charge in [-0.2, -0.15) is 0 Å². The molecule has 2 heteroatoms. The summed E-state index contributed by atoms with van der Waals surface area (Å²) in [6, 6.07) is 1.27. The zero-order valence-electron chi connectivity index (χ0n) is 11.0. The first-order valence-electron chi connectivity index (χ1n) is 7.12.